The second-order valence-electron chi connectivity index (χ2n) is 7.08. The second-order valence-corrected chi connectivity index (χ2v) is 7.08. The summed E-state index contributed by atoms with van der Waals surface area (Å²) in [4.78, 5) is 12.4. The first-order valence-corrected chi connectivity index (χ1v) is 10.2. The summed E-state index contributed by atoms with van der Waals surface area (Å²) in [5.74, 6) is 1.29. The zero-order chi connectivity index (χ0) is 20.9. The van der Waals surface area contributed by atoms with Gasteiger partial charge < -0.3 is 20.1 Å². The van der Waals surface area contributed by atoms with Crippen LogP contribution in [0.3, 0.4) is 0 Å². The lowest BCUT2D eigenvalue weighted by molar-refractivity contribution is -0.114. The van der Waals surface area contributed by atoms with Crippen molar-refractivity contribution in [2.45, 2.75) is 39.5 Å². The standard InChI is InChI=1S/C24H32N2O3/c1-4-5-6-9-15-28-21-12-10-11-20(16-21)25-17-24(27)26-22-13-7-8-14-23(22)29-18-19(2)3/h7-8,10-14,16,25H,2,4-6,9,15,17-18H2,1,3H3,(H,26,27). The molecule has 0 spiro atoms. The first-order chi connectivity index (χ1) is 14.1. The lowest BCUT2D eigenvalue weighted by atomic mass is 10.2. The van der Waals surface area contributed by atoms with Crippen LogP contribution in [0.5, 0.6) is 11.5 Å². The Bertz CT molecular complexity index is 789. The van der Waals surface area contributed by atoms with Crippen LogP contribution in [-0.4, -0.2) is 25.7 Å². The number of rotatable bonds is 13. The summed E-state index contributed by atoms with van der Waals surface area (Å²) in [6.07, 6.45) is 4.69. The molecule has 0 fully saturated rings. The molecule has 0 aliphatic rings. The number of carbonyl (C=O) groups is 1. The van der Waals surface area contributed by atoms with Gasteiger partial charge in [-0.15, -0.1) is 0 Å². The minimum Gasteiger partial charge on any atom is -0.494 e. The fraction of sp³-hybridized carbons (Fsp3) is 0.375. The highest BCUT2D eigenvalue weighted by Crippen LogP contribution is 2.24. The number of ether oxygens (including phenoxy) is 2. The highest BCUT2D eigenvalue weighted by atomic mass is 16.5. The van der Waals surface area contributed by atoms with Crippen molar-refractivity contribution in [2.75, 3.05) is 30.4 Å². The Morgan fingerprint density at radius 1 is 1.03 bits per heavy atom. The van der Waals surface area contributed by atoms with E-state index in [1.165, 1.54) is 19.3 Å². The molecule has 0 aliphatic carbocycles. The molecule has 0 heterocycles. The predicted molar refractivity (Wildman–Crippen MR) is 120 cm³/mol. The largest absolute Gasteiger partial charge is 0.494 e. The van der Waals surface area contributed by atoms with Crippen molar-refractivity contribution in [1.82, 2.24) is 0 Å². The van der Waals surface area contributed by atoms with Gasteiger partial charge in [-0.1, -0.05) is 51.0 Å². The highest BCUT2D eigenvalue weighted by Gasteiger charge is 2.08. The van der Waals surface area contributed by atoms with Crippen LogP contribution in [0, 0.1) is 0 Å². The lowest BCUT2D eigenvalue weighted by Crippen LogP contribution is -2.22. The summed E-state index contributed by atoms with van der Waals surface area (Å²) in [5, 5.41) is 6.02. The third kappa shape index (κ3) is 8.73. The number of hydrogen-bond acceptors (Lipinski definition) is 4. The molecule has 156 valence electrons. The molecule has 0 radical (unpaired) electrons. The smallest absolute Gasteiger partial charge is 0.243 e. The monoisotopic (exact) mass is 396 g/mol. The van der Waals surface area contributed by atoms with E-state index in [1.807, 2.05) is 55.5 Å². The number of nitrogens with one attached hydrogen (secondary N) is 2. The Morgan fingerprint density at radius 2 is 1.86 bits per heavy atom. The average Bonchev–Trinajstić information content (AvgIpc) is 2.72. The third-order valence-electron chi connectivity index (χ3n) is 4.19. The van der Waals surface area contributed by atoms with Crippen molar-refractivity contribution in [3.8, 4) is 11.5 Å². The molecular weight excluding hydrogens is 364 g/mol. The van der Waals surface area contributed by atoms with Crippen LogP contribution in [0.25, 0.3) is 0 Å². The fourth-order valence-corrected chi connectivity index (χ4v) is 2.69. The van der Waals surface area contributed by atoms with E-state index in [4.69, 9.17) is 9.47 Å². The minimum absolute atomic E-state index is 0.148. The topological polar surface area (TPSA) is 59.6 Å². The lowest BCUT2D eigenvalue weighted by Gasteiger charge is -2.13. The normalized spacial score (nSPS) is 10.3. The van der Waals surface area contributed by atoms with Gasteiger partial charge in [-0.2, -0.15) is 0 Å². The van der Waals surface area contributed by atoms with E-state index in [0.717, 1.165) is 23.4 Å². The molecule has 2 aromatic rings. The summed E-state index contributed by atoms with van der Waals surface area (Å²) in [6, 6.07) is 15.1. The molecule has 29 heavy (non-hydrogen) atoms. The van der Waals surface area contributed by atoms with Crippen molar-refractivity contribution >= 4 is 17.3 Å². The number of carbonyl (C=O) groups excluding carboxylic acids is 1. The van der Waals surface area contributed by atoms with Gasteiger partial charge in [-0.05, 0) is 43.2 Å². The predicted octanol–water partition coefficient (Wildman–Crippen LogP) is 5.65. The van der Waals surface area contributed by atoms with Crippen LogP contribution in [0.15, 0.2) is 60.7 Å². The third-order valence-corrected chi connectivity index (χ3v) is 4.19. The van der Waals surface area contributed by atoms with Crippen molar-refractivity contribution < 1.29 is 14.3 Å². The van der Waals surface area contributed by atoms with Crippen molar-refractivity contribution in [3.63, 3.8) is 0 Å². The van der Waals surface area contributed by atoms with Gasteiger partial charge in [-0.3, -0.25) is 4.79 Å². The van der Waals surface area contributed by atoms with Gasteiger partial charge in [0, 0.05) is 11.8 Å². The summed E-state index contributed by atoms with van der Waals surface area (Å²) >= 11 is 0. The fourth-order valence-electron chi connectivity index (χ4n) is 2.69. The number of para-hydroxylation sites is 2. The Morgan fingerprint density at radius 3 is 2.66 bits per heavy atom. The maximum absolute atomic E-state index is 12.4. The number of anilines is 2. The first kappa shape index (κ1) is 22.3. The summed E-state index contributed by atoms with van der Waals surface area (Å²) in [5.41, 5.74) is 2.41. The molecule has 5 nitrogen and oxygen atoms in total. The number of hydrogen-bond donors (Lipinski definition) is 2. The van der Waals surface area contributed by atoms with E-state index in [1.54, 1.807) is 0 Å². The van der Waals surface area contributed by atoms with E-state index in [2.05, 4.69) is 24.1 Å². The molecule has 2 N–H and O–H groups in total. The van der Waals surface area contributed by atoms with E-state index in [-0.39, 0.29) is 12.5 Å². The molecule has 2 aromatic carbocycles. The molecule has 1 amide bonds. The number of unbranched alkanes of at least 4 members (excludes halogenated alkanes) is 3. The molecule has 0 saturated carbocycles. The molecule has 2 rings (SSSR count). The van der Waals surface area contributed by atoms with E-state index in [0.29, 0.717) is 24.7 Å². The Kier molecular flexibility index (Phi) is 9.63. The van der Waals surface area contributed by atoms with Crippen LogP contribution >= 0.6 is 0 Å². The quantitative estimate of drug-likeness (QED) is 0.339. The van der Waals surface area contributed by atoms with Gasteiger partial charge in [0.05, 0.1) is 18.8 Å². The second kappa shape index (κ2) is 12.5. The van der Waals surface area contributed by atoms with E-state index >= 15 is 0 Å². The zero-order valence-corrected chi connectivity index (χ0v) is 17.5. The molecule has 0 atom stereocenters. The molecular formula is C24H32N2O3. The van der Waals surface area contributed by atoms with Gasteiger partial charge in [0.2, 0.25) is 5.91 Å². The van der Waals surface area contributed by atoms with Crippen LogP contribution in [-0.2, 0) is 4.79 Å². The van der Waals surface area contributed by atoms with E-state index < -0.39 is 0 Å². The molecule has 0 saturated heterocycles. The molecule has 5 heteroatoms. The maximum Gasteiger partial charge on any atom is 0.243 e. The Hall–Kier alpha value is -2.95. The van der Waals surface area contributed by atoms with Crippen molar-refractivity contribution in [2.24, 2.45) is 0 Å². The Balaban J connectivity index is 1.82. The number of benzene rings is 2. The molecule has 0 aromatic heterocycles. The van der Waals surface area contributed by atoms with Crippen LogP contribution in [0.4, 0.5) is 11.4 Å². The minimum atomic E-state index is -0.151. The maximum atomic E-state index is 12.4. The zero-order valence-electron chi connectivity index (χ0n) is 17.5. The van der Waals surface area contributed by atoms with Gasteiger partial charge >= 0.3 is 0 Å². The van der Waals surface area contributed by atoms with Gasteiger partial charge in [0.1, 0.15) is 18.1 Å². The van der Waals surface area contributed by atoms with Crippen molar-refractivity contribution in [3.05, 3.63) is 60.7 Å². The summed E-state index contributed by atoms with van der Waals surface area (Å²) in [7, 11) is 0. The van der Waals surface area contributed by atoms with Gasteiger partial charge in [-0.25, -0.2) is 0 Å². The van der Waals surface area contributed by atoms with Crippen LogP contribution < -0.4 is 20.1 Å². The Labute approximate surface area is 174 Å². The summed E-state index contributed by atoms with van der Waals surface area (Å²) < 4.78 is 11.5. The van der Waals surface area contributed by atoms with Gasteiger partial charge in [0.25, 0.3) is 0 Å². The first-order valence-electron chi connectivity index (χ1n) is 10.2. The summed E-state index contributed by atoms with van der Waals surface area (Å²) in [6.45, 7) is 9.20. The van der Waals surface area contributed by atoms with Crippen LogP contribution in [0.2, 0.25) is 0 Å². The molecule has 0 bridgehead atoms. The van der Waals surface area contributed by atoms with Gasteiger partial charge in [0.15, 0.2) is 0 Å². The SMILES string of the molecule is C=C(C)COc1ccccc1NC(=O)CNc1cccc(OCCCCCC)c1. The van der Waals surface area contributed by atoms with Crippen LogP contribution in [0.1, 0.15) is 39.5 Å². The molecule has 0 aliphatic heterocycles. The van der Waals surface area contributed by atoms with E-state index in [9.17, 15) is 4.79 Å². The highest BCUT2D eigenvalue weighted by molar-refractivity contribution is 5.95. The number of amides is 1. The molecule has 0 unspecified atom stereocenters. The average molecular weight is 397 g/mol. The van der Waals surface area contributed by atoms with Crippen molar-refractivity contribution in [1.29, 1.82) is 0 Å².